The number of benzene rings is 2. The van der Waals surface area contributed by atoms with E-state index in [1.54, 1.807) is 23.3 Å². The topological polar surface area (TPSA) is 40.5 Å². The Hall–Kier alpha value is -2.04. The molecular formula is C28H36F2O2SiZr-4. The molecular weight excluding hydrogens is 526 g/mol. The Bertz CT molecular complexity index is 812. The number of aromatic hydroxyl groups is 2. The van der Waals surface area contributed by atoms with Crippen molar-refractivity contribution in [1.82, 2.24) is 0 Å². The molecule has 186 valence electrons. The van der Waals surface area contributed by atoms with Crippen LogP contribution in [0.25, 0.3) is 0 Å². The minimum absolute atomic E-state index is 0. The number of phenolic OH excluding ortho intramolecular Hbond substituents is 2. The van der Waals surface area contributed by atoms with Crippen molar-refractivity contribution in [3.05, 3.63) is 122 Å². The Morgan fingerprint density at radius 2 is 0.912 bits per heavy atom. The molecule has 0 fully saturated rings. The van der Waals surface area contributed by atoms with Crippen LogP contribution in [0.1, 0.15) is 40.5 Å². The first-order valence-electron chi connectivity index (χ1n) is 9.89. The molecule has 2 aliphatic carbocycles. The average Bonchev–Trinajstić information content (AvgIpc) is 3.36. The van der Waals surface area contributed by atoms with Crippen molar-refractivity contribution in [1.29, 1.82) is 0 Å². The second kappa shape index (κ2) is 21.5. The summed E-state index contributed by atoms with van der Waals surface area (Å²) in [7, 11) is 0. The van der Waals surface area contributed by atoms with Gasteiger partial charge in [-0.05, 0) is 48.5 Å². The number of hydrogen-bond donors (Lipinski definition) is 2. The van der Waals surface area contributed by atoms with E-state index in [2.05, 4.69) is 52.0 Å². The molecule has 6 heteroatoms. The Labute approximate surface area is 222 Å². The van der Waals surface area contributed by atoms with E-state index in [4.69, 9.17) is 10.2 Å². The predicted octanol–water partition coefficient (Wildman–Crippen LogP) is 7.22. The molecule has 0 radical (unpaired) electrons. The van der Waals surface area contributed by atoms with Crippen LogP contribution in [-0.4, -0.2) is 17.1 Å². The van der Waals surface area contributed by atoms with E-state index in [1.165, 1.54) is 70.8 Å². The van der Waals surface area contributed by atoms with Gasteiger partial charge < -0.3 is 25.1 Å². The number of hydrogen-bond acceptors (Lipinski definition) is 2. The Morgan fingerprint density at radius 3 is 1.03 bits per heavy atom. The zero-order valence-corrected chi connectivity index (χ0v) is 24.9. The molecule has 0 bridgehead atoms. The molecule has 2 N–H and O–H groups in total. The first-order valence-corrected chi connectivity index (χ1v) is 15.8. The summed E-state index contributed by atoms with van der Waals surface area (Å²) in [6.07, 6.45) is 12.4. The maximum absolute atomic E-state index is 12.0. The van der Waals surface area contributed by atoms with E-state index in [1.807, 2.05) is 6.88 Å². The van der Waals surface area contributed by atoms with Crippen LogP contribution in [0.15, 0.2) is 83.0 Å². The average molecular weight is 562 g/mol. The molecule has 2 aliphatic rings. The summed E-state index contributed by atoms with van der Waals surface area (Å²) < 4.78 is 24.0. The standard InChI is InChI=1S/2C7H9.2C6H5FO.2CH3.H2Si.Zr/c2*1-6-4-3-5-7(6)2;2*7-5-1-3-6(8)4-2-5;;;;/h2*4H,5H2,1-2H3;2*1-4,8H;2*1H3;1H2;/q2*-1;;;2*-1;;. The quantitative estimate of drug-likeness (QED) is 0.263. The van der Waals surface area contributed by atoms with Gasteiger partial charge in [0.1, 0.15) is 23.1 Å². The summed E-state index contributed by atoms with van der Waals surface area (Å²) in [4.78, 5) is 0. The summed E-state index contributed by atoms with van der Waals surface area (Å²) in [6, 6.07) is 10.0. The van der Waals surface area contributed by atoms with E-state index in [-0.39, 0.29) is 38.0 Å². The van der Waals surface area contributed by atoms with Crippen molar-refractivity contribution >= 4 is 6.88 Å². The van der Waals surface area contributed by atoms with Gasteiger partial charge in [-0.2, -0.15) is 11.1 Å². The summed E-state index contributed by atoms with van der Waals surface area (Å²) >= 11 is 1.58. The van der Waals surface area contributed by atoms with E-state index in [9.17, 15) is 8.78 Å². The van der Waals surface area contributed by atoms with Crippen LogP contribution in [0.5, 0.6) is 11.5 Å². The molecule has 0 aromatic heterocycles. The number of rotatable bonds is 0. The van der Waals surface area contributed by atoms with E-state index >= 15 is 0 Å². The zero-order chi connectivity index (χ0) is 24.5. The van der Waals surface area contributed by atoms with Crippen LogP contribution in [0, 0.1) is 38.6 Å². The molecule has 34 heavy (non-hydrogen) atoms. The van der Waals surface area contributed by atoms with Gasteiger partial charge in [-0.1, -0.05) is 13.8 Å². The first-order chi connectivity index (χ1) is 15.2. The molecule has 0 heterocycles. The Kier molecular flexibility index (Phi) is 23.1. The first kappa shape index (κ1) is 36.5. The van der Waals surface area contributed by atoms with Crippen molar-refractivity contribution in [2.24, 2.45) is 0 Å². The fourth-order valence-electron chi connectivity index (χ4n) is 2.12. The summed E-state index contributed by atoms with van der Waals surface area (Å²) in [5.41, 5.74) is 5.69. The van der Waals surface area contributed by atoms with Crippen LogP contribution in [0.3, 0.4) is 0 Å². The van der Waals surface area contributed by atoms with Crippen molar-refractivity contribution in [3.63, 3.8) is 0 Å². The molecule has 0 unspecified atom stereocenters. The molecule has 0 spiro atoms. The van der Waals surface area contributed by atoms with Crippen molar-refractivity contribution in [3.8, 4) is 11.5 Å². The second-order valence-electron chi connectivity index (χ2n) is 6.93. The number of halogens is 2. The second-order valence-corrected chi connectivity index (χ2v) is 6.93. The summed E-state index contributed by atoms with van der Waals surface area (Å²) in [5, 5.41) is 17.2. The van der Waals surface area contributed by atoms with Gasteiger partial charge in [-0.25, -0.2) is 32.1 Å². The maximum atomic E-state index is 12.0. The van der Waals surface area contributed by atoms with Crippen molar-refractivity contribution in [2.75, 3.05) is 0 Å². The predicted molar refractivity (Wildman–Crippen MR) is 139 cm³/mol. The van der Waals surface area contributed by atoms with E-state index < -0.39 is 0 Å². The molecule has 0 atom stereocenters. The zero-order valence-electron chi connectivity index (χ0n) is 21.0. The van der Waals surface area contributed by atoms with Gasteiger partial charge in [0, 0.05) is 0 Å². The normalized spacial score (nSPS) is 12.3. The molecule has 0 aliphatic heterocycles. The molecule has 2 nitrogen and oxygen atoms in total. The van der Waals surface area contributed by atoms with Gasteiger partial charge >= 0.3 is 30.2 Å². The molecule has 0 saturated carbocycles. The third-order valence-electron chi connectivity index (χ3n) is 4.37. The van der Waals surface area contributed by atoms with Crippen LogP contribution in [-0.2, 0) is 23.3 Å². The van der Waals surface area contributed by atoms with Crippen molar-refractivity contribution in [2.45, 2.75) is 40.5 Å². The fourth-order valence-corrected chi connectivity index (χ4v) is 2.12. The Balaban J connectivity index is -0.000000361. The third kappa shape index (κ3) is 17.4. The van der Waals surface area contributed by atoms with Crippen LogP contribution in [0.4, 0.5) is 8.78 Å². The van der Waals surface area contributed by atoms with Crippen LogP contribution < -0.4 is 0 Å². The van der Waals surface area contributed by atoms with Crippen LogP contribution in [0.2, 0.25) is 0 Å². The molecule has 2 aromatic rings. The monoisotopic (exact) mass is 560 g/mol. The molecule has 2 aromatic carbocycles. The van der Waals surface area contributed by atoms with Gasteiger partial charge in [0.05, 0.1) is 0 Å². The minimum atomic E-state index is -0.331. The van der Waals surface area contributed by atoms with Gasteiger partial charge in [0.25, 0.3) is 0 Å². The van der Waals surface area contributed by atoms with Gasteiger partial charge in [-0.15, -0.1) is 26.7 Å². The molecule has 0 saturated heterocycles. The van der Waals surface area contributed by atoms with Crippen LogP contribution >= 0.6 is 0 Å². The number of allylic oxidation sites excluding steroid dienone is 8. The van der Waals surface area contributed by atoms with Gasteiger partial charge in [-0.3, -0.25) is 12.2 Å². The van der Waals surface area contributed by atoms with Crippen molar-refractivity contribution < 1.29 is 42.3 Å². The van der Waals surface area contributed by atoms with E-state index in [0.717, 1.165) is 12.8 Å². The summed E-state index contributed by atoms with van der Waals surface area (Å²) in [5.74, 6) is -0.483. The summed E-state index contributed by atoms with van der Waals surface area (Å²) in [6.45, 7) is 10.5. The van der Waals surface area contributed by atoms with Gasteiger partial charge in [0.15, 0.2) is 0 Å². The van der Waals surface area contributed by atoms with Gasteiger partial charge in [0.2, 0.25) is 0 Å². The Morgan fingerprint density at radius 1 is 0.647 bits per heavy atom. The fraction of sp³-hybridized carbons (Fsp3) is 0.214. The molecule has 0 amide bonds. The van der Waals surface area contributed by atoms with E-state index in [0.29, 0.717) is 0 Å². The SMILES string of the molecule is CC1=C(C)C[C-]=C1.CC1=C(C)C[C-]=C1.Oc1ccc(F)cc1.Oc1ccc(F)cc1.[CH3-].[CH3-].[SiH2]=[Zr]. The molecule has 4 rings (SSSR count). The third-order valence-corrected chi connectivity index (χ3v) is 4.37. The number of phenols is 2.